The molecular formula is C83H162O17P2. The van der Waals surface area contributed by atoms with E-state index in [4.69, 9.17) is 37.0 Å². The summed E-state index contributed by atoms with van der Waals surface area (Å²) in [5.41, 5.74) is 0. The number of esters is 4. The van der Waals surface area contributed by atoms with Crippen molar-refractivity contribution >= 4 is 39.5 Å². The molecule has 0 aromatic rings. The Kier molecular flexibility index (Phi) is 74.4. The summed E-state index contributed by atoms with van der Waals surface area (Å²) in [5, 5.41) is 10.7. The number of hydrogen-bond donors (Lipinski definition) is 3. The second-order valence-corrected chi connectivity index (χ2v) is 33.3. The molecule has 0 aromatic carbocycles. The average Bonchev–Trinajstić information content (AvgIpc) is 0.919. The van der Waals surface area contributed by atoms with Gasteiger partial charge in [0, 0.05) is 25.7 Å². The van der Waals surface area contributed by atoms with E-state index in [1.54, 1.807) is 0 Å². The van der Waals surface area contributed by atoms with Crippen LogP contribution in [-0.4, -0.2) is 96.7 Å². The summed E-state index contributed by atoms with van der Waals surface area (Å²) < 4.78 is 68.8. The van der Waals surface area contributed by atoms with Crippen LogP contribution < -0.4 is 0 Å². The lowest BCUT2D eigenvalue weighted by Crippen LogP contribution is -2.30. The minimum absolute atomic E-state index is 0.106. The molecule has 5 atom stereocenters. The summed E-state index contributed by atoms with van der Waals surface area (Å²) in [6, 6.07) is 0. The van der Waals surface area contributed by atoms with Gasteiger partial charge in [0.25, 0.3) is 0 Å². The second-order valence-electron chi connectivity index (χ2n) is 30.3. The molecule has 0 radical (unpaired) electrons. The number of phosphoric ester groups is 2. The number of aliphatic hydroxyl groups is 1. The van der Waals surface area contributed by atoms with E-state index < -0.39 is 97.5 Å². The van der Waals surface area contributed by atoms with E-state index >= 15 is 0 Å². The van der Waals surface area contributed by atoms with Gasteiger partial charge in [0.15, 0.2) is 12.2 Å². The van der Waals surface area contributed by atoms with Gasteiger partial charge in [-0.1, -0.05) is 394 Å². The van der Waals surface area contributed by atoms with Gasteiger partial charge >= 0.3 is 39.5 Å². The maximum absolute atomic E-state index is 13.1. The first kappa shape index (κ1) is 100. The Labute approximate surface area is 626 Å². The number of hydrogen-bond acceptors (Lipinski definition) is 15. The Hall–Kier alpha value is -1.94. The molecule has 0 aliphatic heterocycles. The number of carbonyl (C=O) groups is 4. The number of phosphoric acid groups is 2. The van der Waals surface area contributed by atoms with Crippen LogP contribution in [0.2, 0.25) is 0 Å². The Bertz CT molecular complexity index is 1940. The molecule has 0 fully saturated rings. The maximum Gasteiger partial charge on any atom is 0.472 e. The largest absolute Gasteiger partial charge is 0.472 e. The fourth-order valence-corrected chi connectivity index (χ4v) is 14.5. The first-order valence-electron chi connectivity index (χ1n) is 43.1. The predicted octanol–water partition coefficient (Wildman–Crippen LogP) is 25.2. The summed E-state index contributed by atoms with van der Waals surface area (Å²) in [5.74, 6) is -1.37. The van der Waals surface area contributed by atoms with Crippen LogP contribution >= 0.6 is 15.6 Å². The number of unbranched alkanes of at least 4 members (excludes halogenated alkanes) is 55. The molecule has 0 aromatic heterocycles. The maximum atomic E-state index is 13.1. The molecule has 0 aliphatic carbocycles. The van der Waals surface area contributed by atoms with E-state index in [-0.39, 0.29) is 25.7 Å². The van der Waals surface area contributed by atoms with Gasteiger partial charge in [-0.05, 0) is 31.6 Å². The molecule has 0 heterocycles. The standard InChI is InChI=1S/C83H162O17P2/c1-6-9-12-15-18-21-24-27-29-31-33-35-37-39-42-47-52-57-62-67-81(86)94-72-78(99-82(87)68-63-58-53-48-43-40-38-36-34-32-30-28-25-22-19-16-13-10-7-2)74-97-101(89,90)95-70-77(84)71-96-102(91,92)98-75-79(100-83(88)69-64-59-54-49-44-45-50-55-60-65-76(4)5)73-93-80(85)66-61-56-51-46-41-26-23-20-17-14-11-8-3/h76-79,84H,6-75H2,1-5H3,(H,89,90)(H,91,92)/t77-,78-,79-/m1/s1. The quantitative estimate of drug-likeness (QED) is 0.0222. The van der Waals surface area contributed by atoms with Crippen molar-refractivity contribution in [1.29, 1.82) is 0 Å². The van der Waals surface area contributed by atoms with Crippen molar-refractivity contribution in [2.24, 2.45) is 5.92 Å². The van der Waals surface area contributed by atoms with Crippen molar-refractivity contribution in [1.82, 2.24) is 0 Å². The van der Waals surface area contributed by atoms with Crippen LogP contribution in [0.1, 0.15) is 446 Å². The third-order valence-electron chi connectivity index (χ3n) is 19.5. The summed E-state index contributed by atoms with van der Waals surface area (Å²) in [4.78, 5) is 73.1. The van der Waals surface area contributed by atoms with Gasteiger partial charge in [-0.3, -0.25) is 37.3 Å². The van der Waals surface area contributed by atoms with Crippen LogP contribution in [-0.2, 0) is 65.4 Å². The minimum Gasteiger partial charge on any atom is -0.462 e. The van der Waals surface area contributed by atoms with Crippen molar-refractivity contribution in [2.75, 3.05) is 39.6 Å². The van der Waals surface area contributed by atoms with E-state index in [9.17, 15) is 43.2 Å². The van der Waals surface area contributed by atoms with Crippen molar-refractivity contribution < 1.29 is 80.2 Å². The van der Waals surface area contributed by atoms with Gasteiger partial charge in [0.05, 0.1) is 26.4 Å². The van der Waals surface area contributed by atoms with E-state index in [0.717, 1.165) is 95.8 Å². The lowest BCUT2D eigenvalue weighted by Gasteiger charge is -2.21. The van der Waals surface area contributed by atoms with Crippen molar-refractivity contribution in [3.8, 4) is 0 Å². The Morgan fingerprint density at radius 1 is 0.265 bits per heavy atom. The third-order valence-corrected chi connectivity index (χ3v) is 21.4. The Morgan fingerprint density at radius 3 is 0.667 bits per heavy atom. The van der Waals surface area contributed by atoms with Crippen molar-refractivity contribution in [2.45, 2.75) is 464 Å². The van der Waals surface area contributed by atoms with Crippen LogP contribution in [0.25, 0.3) is 0 Å². The molecule has 0 saturated heterocycles. The summed E-state index contributed by atoms with van der Waals surface area (Å²) in [7, 11) is -9.92. The van der Waals surface area contributed by atoms with Crippen LogP contribution in [0, 0.1) is 5.92 Å². The van der Waals surface area contributed by atoms with E-state index in [0.29, 0.717) is 25.7 Å². The van der Waals surface area contributed by atoms with E-state index in [1.165, 1.54) is 270 Å². The fourth-order valence-electron chi connectivity index (χ4n) is 12.9. The van der Waals surface area contributed by atoms with E-state index in [1.807, 2.05) is 0 Å². The minimum atomic E-state index is -4.96. The Morgan fingerprint density at radius 2 is 0.451 bits per heavy atom. The van der Waals surface area contributed by atoms with Gasteiger partial charge in [-0.25, -0.2) is 9.13 Å². The molecule has 102 heavy (non-hydrogen) atoms. The number of carbonyl (C=O) groups excluding carboxylic acids is 4. The molecule has 0 amide bonds. The van der Waals surface area contributed by atoms with Gasteiger partial charge in [0.2, 0.25) is 0 Å². The lowest BCUT2D eigenvalue weighted by molar-refractivity contribution is -0.161. The van der Waals surface area contributed by atoms with Crippen molar-refractivity contribution in [3.63, 3.8) is 0 Å². The zero-order valence-corrected chi connectivity index (χ0v) is 68.5. The number of ether oxygens (including phenoxy) is 4. The van der Waals surface area contributed by atoms with Crippen LogP contribution in [0.15, 0.2) is 0 Å². The van der Waals surface area contributed by atoms with Crippen molar-refractivity contribution in [3.05, 3.63) is 0 Å². The van der Waals surface area contributed by atoms with Gasteiger partial charge < -0.3 is 33.8 Å². The highest BCUT2D eigenvalue weighted by atomic mass is 31.2. The predicted molar refractivity (Wildman–Crippen MR) is 418 cm³/mol. The van der Waals surface area contributed by atoms with Gasteiger partial charge in [-0.2, -0.15) is 0 Å². The zero-order valence-electron chi connectivity index (χ0n) is 66.8. The monoisotopic (exact) mass is 1490 g/mol. The van der Waals surface area contributed by atoms with E-state index in [2.05, 4.69) is 34.6 Å². The molecule has 0 rings (SSSR count). The molecule has 0 aliphatic rings. The topological polar surface area (TPSA) is 237 Å². The molecule has 17 nitrogen and oxygen atoms in total. The molecule has 0 spiro atoms. The molecule has 606 valence electrons. The third kappa shape index (κ3) is 76.3. The summed E-state index contributed by atoms with van der Waals surface area (Å²) >= 11 is 0. The molecule has 19 heteroatoms. The highest BCUT2D eigenvalue weighted by molar-refractivity contribution is 7.47. The highest BCUT2D eigenvalue weighted by Gasteiger charge is 2.30. The molecule has 0 bridgehead atoms. The lowest BCUT2D eigenvalue weighted by atomic mass is 10.0. The zero-order chi connectivity index (χ0) is 74.8. The Balaban J connectivity index is 5.23. The number of rotatable bonds is 83. The summed E-state index contributed by atoms with van der Waals surface area (Å²) in [6.45, 7) is 7.32. The van der Waals surface area contributed by atoms with Crippen LogP contribution in [0.4, 0.5) is 0 Å². The first-order chi connectivity index (χ1) is 49.5. The number of aliphatic hydroxyl groups excluding tert-OH is 1. The van der Waals surface area contributed by atoms with Gasteiger partial charge in [-0.15, -0.1) is 0 Å². The first-order valence-corrected chi connectivity index (χ1v) is 46.1. The molecule has 2 unspecified atom stereocenters. The highest BCUT2D eigenvalue weighted by Crippen LogP contribution is 2.45. The molecule has 3 N–H and O–H groups in total. The van der Waals surface area contributed by atoms with Crippen LogP contribution in [0.5, 0.6) is 0 Å². The normalized spacial score (nSPS) is 13.8. The second kappa shape index (κ2) is 75.9. The SMILES string of the molecule is CCCCCCCCCCCCCCCCCCCCCC(=O)OC[C@H](COP(=O)(O)OC[C@@H](O)COP(=O)(O)OC[C@@H](COC(=O)CCCCCCCCCCCCCC)OC(=O)CCCCCCCCCCCC(C)C)OC(=O)CCCCCCCCCCCCCCCCCCCCC. The van der Waals surface area contributed by atoms with Crippen LogP contribution in [0.3, 0.4) is 0 Å². The smallest absolute Gasteiger partial charge is 0.462 e. The molecular weight excluding hydrogens is 1330 g/mol. The average molecular weight is 1490 g/mol. The summed E-state index contributed by atoms with van der Waals surface area (Å²) in [6.07, 6.45) is 68.0. The molecule has 0 saturated carbocycles. The fraction of sp³-hybridized carbons (Fsp3) is 0.952. The van der Waals surface area contributed by atoms with Gasteiger partial charge in [0.1, 0.15) is 19.3 Å².